The number of amides is 1. The molecule has 0 aliphatic carbocycles. The van der Waals surface area contributed by atoms with Crippen LogP contribution >= 0.6 is 11.8 Å². The van der Waals surface area contributed by atoms with Crippen LogP contribution in [-0.4, -0.2) is 37.4 Å². The molecule has 0 fully saturated rings. The van der Waals surface area contributed by atoms with Crippen molar-refractivity contribution in [3.05, 3.63) is 77.6 Å². The van der Waals surface area contributed by atoms with Gasteiger partial charge in [0.05, 0.1) is 12.3 Å². The molecule has 0 saturated carbocycles. The van der Waals surface area contributed by atoms with Gasteiger partial charge in [0.15, 0.2) is 5.16 Å². The zero-order valence-electron chi connectivity index (χ0n) is 16.6. The molecule has 1 aromatic heterocycles. The molecule has 146 valence electrons. The van der Waals surface area contributed by atoms with Crippen molar-refractivity contribution in [2.45, 2.75) is 45.1 Å². The number of carbonyl (C=O) groups excluding carboxylic acids is 1. The molecule has 0 aliphatic heterocycles. The summed E-state index contributed by atoms with van der Waals surface area (Å²) in [7, 11) is 0. The van der Waals surface area contributed by atoms with E-state index in [4.69, 9.17) is 0 Å². The monoisotopic (exact) mass is 394 g/mol. The lowest BCUT2D eigenvalue weighted by Crippen LogP contribution is -2.37. The fourth-order valence-electron chi connectivity index (χ4n) is 2.96. The highest BCUT2D eigenvalue weighted by Crippen LogP contribution is 2.20. The van der Waals surface area contributed by atoms with Crippen molar-refractivity contribution in [1.82, 2.24) is 19.7 Å². The lowest BCUT2D eigenvalue weighted by Gasteiger charge is -2.26. The molecule has 0 aliphatic rings. The van der Waals surface area contributed by atoms with Crippen LogP contribution in [0, 0.1) is 6.92 Å². The van der Waals surface area contributed by atoms with E-state index in [1.807, 2.05) is 62.1 Å². The Morgan fingerprint density at radius 1 is 1.00 bits per heavy atom. The Kier molecular flexibility index (Phi) is 6.87. The standard InChI is InChI=1S/C22H26N4OS/c1-17(2)25(14-19-10-6-4-7-11-19)21(27)16-28-22-24-23-18(3)26(22)15-20-12-8-5-9-13-20/h4-13,17H,14-16H2,1-3H3. The third kappa shape index (κ3) is 5.23. The van der Waals surface area contributed by atoms with Crippen molar-refractivity contribution >= 4 is 17.7 Å². The summed E-state index contributed by atoms with van der Waals surface area (Å²) >= 11 is 1.45. The maximum atomic E-state index is 12.9. The largest absolute Gasteiger partial charge is 0.335 e. The van der Waals surface area contributed by atoms with Crippen LogP contribution in [0.25, 0.3) is 0 Å². The molecule has 1 amide bonds. The van der Waals surface area contributed by atoms with E-state index >= 15 is 0 Å². The fraction of sp³-hybridized carbons (Fsp3) is 0.318. The normalized spacial score (nSPS) is 11.0. The van der Waals surface area contributed by atoms with E-state index in [1.165, 1.54) is 17.3 Å². The molecule has 0 spiro atoms. The van der Waals surface area contributed by atoms with Crippen LogP contribution in [0.4, 0.5) is 0 Å². The van der Waals surface area contributed by atoms with Gasteiger partial charge < -0.3 is 9.47 Å². The van der Waals surface area contributed by atoms with E-state index in [0.29, 0.717) is 18.8 Å². The lowest BCUT2D eigenvalue weighted by molar-refractivity contribution is -0.130. The number of aromatic nitrogens is 3. The van der Waals surface area contributed by atoms with Crippen LogP contribution in [0.1, 0.15) is 30.8 Å². The first-order chi connectivity index (χ1) is 13.5. The minimum Gasteiger partial charge on any atom is -0.335 e. The zero-order valence-corrected chi connectivity index (χ0v) is 17.4. The van der Waals surface area contributed by atoms with Crippen LogP contribution in [0.2, 0.25) is 0 Å². The number of hydrogen-bond acceptors (Lipinski definition) is 4. The second kappa shape index (κ2) is 9.55. The van der Waals surface area contributed by atoms with Gasteiger partial charge in [-0.2, -0.15) is 0 Å². The number of aryl methyl sites for hydroxylation is 1. The van der Waals surface area contributed by atoms with Crippen LogP contribution in [0.5, 0.6) is 0 Å². The highest BCUT2D eigenvalue weighted by atomic mass is 32.2. The van der Waals surface area contributed by atoms with Gasteiger partial charge >= 0.3 is 0 Å². The molecule has 0 radical (unpaired) electrons. The summed E-state index contributed by atoms with van der Waals surface area (Å²) in [6.07, 6.45) is 0. The summed E-state index contributed by atoms with van der Waals surface area (Å²) in [5, 5.41) is 9.26. The predicted octanol–water partition coefficient (Wildman–Crippen LogP) is 4.16. The number of carbonyl (C=O) groups is 1. The van der Waals surface area contributed by atoms with E-state index in [-0.39, 0.29) is 11.9 Å². The van der Waals surface area contributed by atoms with Gasteiger partial charge in [-0.05, 0) is 31.9 Å². The predicted molar refractivity (Wildman–Crippen MR) is 113 cm³/mol. The quantitative estimate of drug-likeness (QED) is 0.538. The SMILES string of the molecule is Cc1nnc(SCC(=O)N(Cc2ccccc2)C(C)C)n1Cc1ccccc1. The van der Waals surface area contributed by atoms with Gasteiger partial charge in [0.1, 0.15) is 5.82 Å². The Morgan fingerprint density at radius 2 is 1.61 bits per heavy atom. The molecule has 2 aromatic carbocycles. The molecule has 0 unspecified atom stereocenters. The van der Waals surface area contributed by atoms with Crippen LogP contribution in [0.15, 0.2) is 65.8 Å². The van der Waals surface area contributed by atoms with E-state index in [2.05, 4.69) is 39.0 Å². The second-order valence-corrected chi connectivity index (χ2v) is 7.93. The zero-order chi connectivity index (χ0) is 19.9. The van der Waals surface area contributed by atoms with Crippen molar-refractivity contribution in [3.8, 4) is 0 Å². The minimum atomic E-state index is 0.107. The maximum absolute atomic E-state index is 12.9. The van der Waals surface area contributed by atoms with E-state index < -0.39 is 0 Å². The van der Waals surface area contributed by atoms with Crippen molar-refractivity contribution in [2.24, 2.45) is 0 Å². The summed E-state index contributed by atoms with van der Waals surface area (Å²) < 4.78 is 2.06. The van der Waals surface area contributed by atoms with E-state index in [9.17, 15) is 4.79 Å². The van der Waals surface area contributed by atoms with E-state index in [1.54, 1.807) is 0 Å². The first kappa shape index (κ1) is 20.1. The summed E-state index contributed by atoms with van der Waals surface area (Å²) in [6.45, 7) is 7.36. The first-order valence-electron chi connectivity index (χ1n) is 9.44. The Morgan fingerprint density at radius 3 is 2.21 bits per heavy atom. The van der Waals surface area contributed by atoms with Crippen LogP contribution in [-0.2, 0) is 17.9 Å². The van der Waals surface area contributed by atoms with Crippen molar-refractivity contribution in [2.75, 3.05) is 5.75 Å². The van der Waals surface area contributed by atoms with Gasteiger partial charge in [-0.1, -0.05) is 72.4 Å². The maximum Gasteiger partial charge on any atom is 0.233 e. The number of thioether (sulfide) groups is 1. The van der Waals surface area contributed by atoms with Crippen LogP contribution in [0.3, 0.4) is 0 Å². The highest BCUT2D eigenvalue weighted by Gasteiger charge is 2.19. The molecule has 28 heavy (non-hydrogen) atoms. The van der Waals surface area contributed by atoms with Gasteiger partial charge in [-0.25, -0.2) is 0 Å². The first-order valence-corrected chi connectivity index (χ1v) is 10.4. The molecule has 0 saturated heterocycles. The Hall–Kier alpha value is -2.60. The van der Waals surface area contributed by atoms with Gasteiger partial charge in [0.25, 0.3) is 0 Å². The van der Waals surface area contributed by atoms with Crippen molar-refractivity contribution in [3.63, 3.8) is 0 Å². The average molecular weight is 395 g/mol. The molecule has 0 bridgehead atoms. The molecule has 5 nitrogen and oxygen atoms in total. The molecule has 0 N–H and O–H groups in total. The summed E-state index contributed by atoms with van der Waals surface area (Å²) in [5.74, 6) is 1.30. The van der Waals surface area contributed by atoms with Crippen molar-refractivity contribution in [1.29, 1.82) is 0 Å². The summed E-state index contributed by atoms with van der Waals surface area (Å²) in [6, 6.07) is 20.4. The highest BCUT2D eigenvalue weighted by molar-refractivity contribution is 7.99. The molecule has 1 heterocycles. The summed E-state index contributed by atoms with van der Waals surface area (Å²) in [4.78, 5) is 14.8. The molecular weight excluding hydrogens is 368 g/mol. The molecular formula is C22H26N4OS. The number of nitrogens with zero attached hydrogens (tertiary/aromatic N) is 4. The molecule has 0 atom stereocenters. The number of benzene rings is 2. The third-order valence-electron chi connectivity index (χ3n) is 4.55. The van der Waals surface area contributed by atoms with Crippen molar-refractivity contribution < 1.29 is 4.79 Å². The number of rotatable bonds is 8. The van der Waals surface area contributed by atoms with E-state index in [0.717, 1.165) is 16.5 Å². The third-order valence-corrected chi connectivity index (χ3v) is 5.50. The lowest BCUT2D eigenvalue weighted by atomic mass is 10.2. The van der Waals surface area contributed by atoms with Gasteiger partial charge in [-0.15, -0.1) is 10.2 Å². The second-order valence-electron chi connectivity index (χ2n) is 6.99. The van der Waals surface area contributed by atoms with Gasteiger partial charge in [0, 0.05) is 12.6 Å². The molecule has 6 heteroatoms. The topological polar surface area (TPSA) is 51.0 Å². The minimum absolute atomic E-state index is 0.107. The van der Waals surface area contributed by atoms with Crippen LogP contribution < -0.4 is 0 Å². The fourth-order valence-corrected chi connectivity index (χ4v) is 3.83. The Balaban J connectivity index is 1.66. The molecule has 3 aromatic rings. The smallest absolute Gasteiger partial charge is 0.233 e. The number of hydrogen-bond donors (Lipinski definition) is 0. The molecule has 3 rings (SSSR count). The van der Waals surface area contributed by atoms with Gasteiger partial charge in [-0.3, -0.25) is 4.79 Å². The Labute approximate surface area is 170 Å². The Bertz CT molecular complexity index is 893. The summed E-state index contributed by atoms with van der Waals surface area (Å²) in [5.41, 5.74) is 2.32. The average Bonchev–Trinajstić information content (AvgIpc) is 3.05. The van der Waals surface area contributed by atoms with Gasteiger partial charge in [0.2, 0.25) is 5.91 Å².